The molecule has 2 amide bonds. The summed E-state index contributed by atoms with van der Waals surface area (Å²) in [6.45, 7) is 0.0974. The maximum absolute atomic E-state index is 11.8. The van der Waals surface area contributed by atoms with Crippen molar-refractivity contribution in [2.75, 3.05) is 11.9 Å². The van der Waals surface area contributed by atoms with Crippen LogP contribution in [0.1, 0.15) is 18.1 Å². The van der Waals surface area contributed by atoms with E-state index in [1.54, 1.807) is 11.4 Å². The van der Waals surface area contributed by atoms with Gasteiger partial charge in [-0.2, -0.15) is 11.3 Å². The molecule has 0 bridgehead atoms. The van der Waals surface area contributed by atoms with Crippen LogP contribution < -0.4 is 10.6 Å². The van der Waals surface area contributed by atoms with Crippen molar-refractivity contribution < 1.29 is 19.6 Å². The summed E-state index contributed by atoms with van der Waals surface area (Å²) in [7, 11) is 0. The number of aliphatic hydroxyl groups excluding tert-OH is 1. The molecule has 126 valence electrons. The molecule has 0 saturated heterocycles. The number of amides is 2. The zero-order valence-electron chi connectivity index (χ0n) is 12.5. The predicted octanol–water partition coefficient (Wildman–Crippen LogP) is 1.83. The summed E-state index contributed by atoms with van der Waals surface area (Å²) in [5.41, 5.74) is 0.395. The zero-order valence-corrected chi connectivity index (χ0v) is 13.3. The molecule has 0 saturated carbocycles. The number of nitro benzene ring substituents is 1. The van der Waals surface area contributed by atoms with Gasteiger partial charge in [-0.3, -0.25) is 19.7 Å². The van der Waals surface area contributed by atoms with Gasteiger partial charge in [-0.15, -0.1) is 0 Å². The van der Waals surface area contributed by atoms with Gasteiger partial charge >= 0.3 is 11.8 Å². The number of carbonyl (C=O) groups is 2. The fourth-order valence-electron chi connectivity index (χ4n) is 1.95. The van der Waals surface area contributed by atoms with Gasteiger partial charge in [0.1, 0.15) is 5.69 Å². The highest BCUT2D eigenvalue weighted by molar-refractivity contribution is 7.07. The van der Waals surface area contributed by atoms with Gasteiger partial charge in [0, 0.05) is 12.6 Å². The largest absolute Gasteiger partial charge is 0.388 e. The smallest absolute Gasteiger partial charge is 0.313 e. The Labute approximate surface area is 141 Å². The standard InChI is InChI=1S/C15H15N3O5S/c19-13(10-6-8-24-9-10)5-7-16-14(20)15(21)17-11-3-1-2-4-12(11)18(22)23/h1-4,6,8-9,13,19H,5,7H2,(H,16,20)(H,17,21). The highest BCUT2D eigenvalue weighted by atomic mass is 32.1. The fourth-order valence-corrected chi connectivity index (χ4v) is 2.66. The number of benzene rings is 1. The van der Waals surface area contributed by atoms with E-state index in [-0.39, 0.29) is 24.3 Å². The Morgan fingerprint density at radius 2 is 2.00 bits per heavy atom. The topological polar surface area (TPSA) is 122 Å². The lowest BCUT2D eigenvalue weighted by Gasteiger charge is -2.10. The molecule has 8 nitrogen and oxygen atoms in total. The Morgan fingerprint density at radius 3 is 2.67 bits per heavy atom. The number of nitrogens with zero attached hydrogens (tertiary/aromatic N) is 1. The van der Waals surface area contributed by atoms with Gasteiger partial charge in [0.25, 0.3) is 5.69 Å². The van der Waals surface area contributed by atoms with Gasteiger partial charge in [0.15, 0.2) is 0 Å². The molecule has 1 unspecified atom stereocenters. The summed E-state index contributed by atoms with van der Waals surface area (Å²) in [5, 5.41) is 28.9. The first-order valence-corrected chi connectivity index (χ1v) is 7.96. The third-order valence-electron chi connectivity index (χ3n) is 3.19. The van der Waals surface area contributed by atoms with E-state index in [1.807, 2.05) is 5.38 Å². The Morgan fingerprint density at radius 1 is 1.25 bits per heavy atom. The van der Waals surface area contributed by atoms with Crippen LogP contribution in [0.3, 0.4) is 0 Å². The molecular formula is C15H15N3O5S. The first-order valence-electron chi connectivity index (χ1n) is 7.02. The number of carbonyl (C=O) groups excluding carboxylic acids is 2. The van der Waals surface area contributed by atoms with Crippen molar-refractivity contribution in [2.24, 2.45) is 0 Å². The lowest BCUT2D eigenvalue weighted by Crippen LogP contribution is -2.36. The van der Waals surface area contributed by atoms with Crippen LogP contribution in [0.25, 0.3) is 0 Å². The number of nitrogens with one attached hydrogen (secondary N) is 2. The van der Waals surface area contributed by atoms with Crippen LogP contribution in [0.4, 0.5) is 11.4 Å². The van der Waals surface area contributed by atoms with Crippen LogP contribution in [0.5, 0.6) is 0 Å². The van der Waals surface area contributed by atoms with Crippen LogP contribution in [0.15, 0.2) is 41.1 Å². The monoisotopic (exact) mass is 349 g/mol. The van der Waals surface area contributed by atoms with Crippen molar-refractivity contribution in [2.45, 2.75) is 12.5 Å². The van der Waals surface area contributed by atoms with Crippen LogP contribution in [-0.2, 0) is 9.59 Å². The van der Waals surface area contributed by atoms with Gasteiger partial charge in [0.05, 0.1) is 11.0 Å². The van der Waals surface area contributed by atoms with E-state index in [0.29, 0.717) is 0 Å². The molecule has 2 rings (SSSR count). The van der Waals surface area contributed by atoms with Crippen molar-refractivity contribution >= 4 is 34.5 Å². The third-order valence-corrected chi connectivity index (χ3v) is 3.89. The second kappa shape index (κ2) is 8.18. The first kappa shape index (κ1) is 17.6. The number of hydrogen-bond donors (Lipinski definition) is 3. The maximum atomic E-state index is 11.8. The van der Waals surface area contributed by atoms with Crippen LogP contribution >= 0.6 is 11.3 Å². The molecule has 0 fully saturated rings. The SMILES string of the molecule is O=C(NCCC(O)c1ccsc1)C(=O)Nc1ccccc1[N+](=O)[O-]. The average Bonchev–Trinajstić information content (AvgIpc) is 3.09. The van der Waals surface area contributed by atoms with Gasteiger partial charge in [-0.1, -0.05) is 12.1 Å². The molecule has 2 aromatic rings. The van der Waals surface area contributed by atoms with E-state index in [4.69, 9.17) is 0 Å². The number of anilines is 1. The maximum Gasteiger partial charge on any atom is 0.313 e. The van der Waals surface area contributed by atoms with E-state index in [1.165, 1.54) is 35.6 Å². The van der Waals surface area contributed by atoms with Crippen molar-refractivity contribution in [3.05, 3.63) is 56.8 Å². The summed E-state index contributed by atoms with van der Waals surface area (Å²) in [5.74, 6) is -1.93. The van der Waals surface area contributed by atoms with Gasteiger partial charge in [-0.05, 0) is 34.9 Å². The fraction of sp³-hybridized carbons (Fsp3) is 0.200. The minimum absolute atomic E-state index is 0.0547. The Kier molecular flexibility index (Phi) is 5.99. The van der Waals surface area contributed by atoms with Crippen molar-refractivity contribution in [3.63, 3.8) is 0 Å². The minimum Gasteiger partial charge on any atom is -0.388 e. The highest BCUT2D eigenvalue weighted by Crippen LogP contribution is 2.23. The summed E-state index contributed by atoms with van der Waals surface area (Å²) >= 11 is 1.45. The van der Waals surface area contributed by atoms with Gasteiger partial charge < -0.3 is 15.7 Å². The number of nitro groups is 1. The van der Waals surface area contributed by atoms with Crippen molar-refractivity contribution in [1.82, 2.24) is 5.32 Å². The molecule has 0 spiro atoms. The van der Waals surface area contributed by atoms with Crippen molar-refractivity contribution in [3.8, 4) is 0 Å². The van der Waals surface area contributed by atoms with Crippen LogP contribution in [0.2, 0.25) is 0 Å². The van der Waals surface area contributed by atoms with Gasteiger partial charge in [0.2, 0.25) is 0 Å². The molecule has 0 aliphatic heterocycles. The number of hydrogen-bond acceptors (Lipinski definition) is 6. The zero-order chi connectivity index (χ0) is 17.5. The highest BCUT2D eigenvalue weighted by Gasteiger charge is 2.19. The minimum atomic E-state index is -1.01. The molecule has 1 aromatic carbocycles. The molecule has 24 heavy (non-hydrogen) atoms. The molecule has 1 aromatic heterocycles. The normalized spacial score (nSPS) is 11.5. The Balaban J connectivity index is 1.85. The van der Waals surface area contributed by atoms with Gasteiger partial charge in [-0.25, -0.2) is 0 Å². The third kappa shape index (κ3) is 4.61. The molecule has 0 aliphatic carbocycles. The first-order chi connectivity index (χ1) is 11.5. The number of para-hydroxylation sites is 2. The van der Waals surface area contributed by atoms with E-state index >= 15 is 0 Å². The van der Waals surface area contributed by atoms with E-state index in [9.17, 15) is 24.8 Å². The van der Waals surface area contributed by atoms with E-state index < -0.39 is 22.8 Å². The predicted molar refractivity (Wildman–Crippen MR) is 88.6 cm³/mol. The molecule has 9 heteroatoms. The molecule has 0 aliphatic rings. The summed E-state index contributed by atoms with van der Waals surface area (Å²) in [4.78, 5) is 33.7. The number of rotatable bonds is 6. The second-order valence-electron chi connectivity index (χ2n) is 4.85. The Bertz CT molecular complexity index is 732. The molecule has 0 radical (unpaired) electrons. The number of aliphatic hydroxyl groups is 1. The summed E-state index contributed by atoms with van der Waals surface area (Å²) in [6.07, 6.45) is -0.476. The molecule has 1 heterocycles. The van der Waals surface area contributed by atoms with Crippen molar-refractivity contribution in [1.29, 1.82) is 0 Å². The summed E-state index contributed by atoms with van der Waals surface area (Å²) in [6, 6.07) is 7.31. The molecular weight excluding hydrogens is 334 g/mol. The van der Waals surface area contributed by atoms with Crippen LogP contribution in [0, 0.1) is 10.1 Å². The Hall–Kier alpha value is -2.78. The average molecular weight is 349 g/mol. The number of thiophene rings is 1. The lowest BCUT2D eigenvalue weighted by molar-refractivity contribution is -0.383. The molecule has 3 N–H and O–H groups in total. The van der Waals surface area contributed by atoms with E-state index in [2.05, 4.69) is 10.6 Å². The van der Waals surface area contributed by atoms with E-state index in [0.717, 1.165) is 5.56 Å². The second-order valence-corrected chi connectivity index (χ2v) is 5.63. The molecule has 1 atom stereocenters. The summed E-state index contributed by atoms with van der Waals surface area (Å²) < 4.78 is 0. The van der Waals surface area contributed by atoms with Crippen LogP contribution in [-0.4, -0.2) is 28.4 Å². The quantitative estimate of drug-likeness (QED) is 0.417. The lowest BCUT2D eigenvalue weighted by atomic mass is 10.1.